The predicted octanol–water partition coefficient (Wildman–Crippen LogP) is 4.24. The molecule has 102 valence electrons. The summed E-state index contributed by atoms with van der Waals surface area (Å²) < 4.78 is 30.5. The summed E-state index contributed by atoms with van der Waals surface area (Å²) in [5.41, 5.74) is -0.968. The van der Waals surface area contributed by atoms with Crippen LogP contribution in [0.15, 0.2) is 39.5 Å². The van der Waals surface area contributed by atoms with Crippen molar-refractivity contribution in [1.29, 1.82) is 0 Å². The highest BCUT2D eigenvalue weighted by atomic mass is 35.5. The molecule has 0 atom stereocenters. The Labute approximate surface area is 116 Å². The summed E-state index contributed by atoms with van der Waals surface area (Å²) in [5.74, 6) is -0.0691. The molecular weight excluding hydrogens is 290 g/mol. The number of phenolic OH excluding ortho intramolecular Hbond substituents is 1. The van der Waals surface area contributed by atoms with Gasteiger partial charge in [-0.05, 0) is 24.3 Å². The number of fused-ring (bicyclic) bond motifs is 3. The molecule has 0 saturated heterocycles. The Morgan fingerprint density at radius 3 is 2.60 bits per heavy atom. The molecule has 3 rings (SSSR count). The maximum absolute atomic E-state index is 12.7. The van der Waals surface area contributed by atoms with Crippen LogP contribution in [0.1, 0.15) is 12.0 Å². The first-order chi connectivity index (χ1) is 9.47. The van der Waals surface area contributed by atoms with Crippen molar-refractivity contribution in [2.45, 2.75) is 6.43 Å². The topological polar surface area (TPSA) is 50.4 Å². The summed E-state index contributed by atoms with van der Waals surface area (Å²) >= 11 is 6.02. The maximum Gasteiger partial charge on any atom is 0.344 e. The van der Waals surface area contributed by atoms with Gasteiger partial charge in [0.1, 0.15) is 11.3 Å². The van der Waals surface area contributed by atoms with Crippen molar-refractivity contribution in [1.82, 2.24) is 0 Å². The highest BCUT2D eigenvalue weighted by molar-refractivity contribution is 6.37. The molecule has 0 aliphatic carbocycles. The second-order valence-corrected chi connectivity index (χ2v) is 4.70. The standard InChI is InChI=1S/C14H7ClF2O3/c15-10-4-6(13(16)17)3-9-12(10)8-2-1-7(18)5-11(8)20-14(9)19/h1-5,13,18H. The first kappa shape index (κ1) is 12.9. The van der Waals surface area contributed by atoms with E-state index >= 15 is 0 Å². The highest BCUT2D eigenvalue weighted by Crippen LogP contribution is 2.34. The molecule has 3 nitrogen and oxygen atoms in total. The van der Waals surface area contributed by atoms with Crippen LogP contribution in [0.2, 0.25) is 5.02 Å². The van der Waals surface area contributed by atoms with E-state index in [0.717, 1.165) is 12.1 Å². The molecule has 0 aliphatic heterocycles. The van der Waals surface area contributed by atoms with E-state index in [-0.39, 0.29) is 27.3 Å². The fraction of sp³-hybridized carbons (Fsp3) is 0.0714. The largest absolute Gasteiger partial charge is 0.508 e. The molecule has 1 N–H and O–H groups in total. The van der Waals surface area contributed by atoms with Gasteiger partial charge in [-0.15, -0.1) is 0 Å². The number of hydrogen-bond acceptors (Lipinski definition) is 3. The van der Waals surface area contributed by atoms with Crippen molar-refractivity contribution in [3.63, 3.8) is 0 Å². The maximum atomic E-state index is 12.7. The Morgan fingerprint density at radius 1 is 1.15 bits per heavy atom. The van der Waals surface area contributed by atoms with Gasteiger partial charge in [0.05, 0.1) is 5.39 Å². The lowest BCUT2D eigenvalue weighted by Crippen LogP contribution is -2.01. The van der Waals surface area contributed by atoms with Crippen LogP contribution < -0.4 is 5.63 Å². The molecule has 0 amide bonds. The van der Waals surface area contributed by atoms with Crippen LogP contribution in [-0.4, -0.2) is 5.11 Å². The van der Waals surface area contributed by atoms with Crippen LogP contribution in [0.5, 0.6) is 5.75 Å². The molecule has 0 fully saturated rings. The lowest BCUT2D eigenvalue weighted by molar-refractivity contribution is 0.151. The minimum absolute atomic E-state index is 0.00834. The summed E-state index contributed by atoms with van der Waals surface area (Å²) in [7, 11) is 0. The minimum Gasteiger partial charge on any atom is -0.508 e. The average Bonchev–Trinajstić information content (AvgIpc) is 2.38. The van der Waals surface area contributed by atoms with Crippen LogP contribution in [0.25, 0.3) is 21.7 Å². The van der Waals surface area contributed by atoms with E-state index < -0.39 is 12.1 Å². The molecule has 0 saturated carbocycles. The number of halogens is 3. The van der Waals surface area contributed by atoms with E-state index in [9.17, 15) is 18.7 Å². The second kappa shape index (κ2) is 4.45. The Balaban J connectivity index is 2.53. The van der Waals surface area contributed by atoms with Gasteiger partial charge in [0.2, 0.25) is 0 Å². The molecular formula is C14H7ClF2O3. The number of phenols is 1. The fourth-order valence-corrected chi connectivity index (χ4v) is 2.47. The Hall–Kier alpha value is -2.14. The smallest absolute Gasteiger partial charge is 0.344 e. The summed E-state index contributed by atoms with van der Waals surface area (Å²) in [5, 5.41) is 10.2. The monoisotopic (exact) mass is 296 g/mol. The van der Waals surface area contributed by atoms with Crippen molar-refractivity contribution >= 4 is 33.3 Å². The zero-order chi connectivity index (χ0) is 14.4. The van der Waals surface area contributed by atoms with Crippen molar-refractivity contribution in [2.24, 2.45) is 0 Å². The predicted molar refractivity (Wildman–Crippen MR) is 71.6 cm³/mol. The van der Waals surface area contributed by atoms with E-state index in [1.807, 2.05) is 0 Å². The van der Waals surface area contributed by atoms with Gasteiger partial charge in [-0.3, -0.25) is 0 Å². The summed E-state index contributed by atoms with van der Waals surface area (Å²) in [6.07, 6.45) is -2.73. The van der Waals surface area contributed by atoms with E-state index in [0.29, 0.717) is 10.8 Å². The average molecular weight is 297 g/mol. The molecule has 0 aliphatic rings. The van der Waals surface area contributed by atoms with Crippen LogP contribution in [-0.2, 0) is 0 Å². The minimum atomic E-state index is -2.73. The van der Waals surface area contributed by atoms with E-state index in [1.165, 1.54) is 18.2 Å². The third kappa shape index (κ3) is 1.91. The molecule has 6 heteroatoms. The first-order valence-electron chi connectivity index (χ1n) is 5.64. The number of benzene rings is 2. The Morgan fingerprint density at radius 2 is 1.90 bits per heavy atom. The Kier molecular flexibility index (Phi) is 2.87. The van der Waals surface area contributed by atoms with Gasteiger partial charge in [0.25, 0.3) is 6.43 Å². The van der Waals surface area contributed by atoms with E-state index in [2.05, 4.69) is 0 Å². The molecule has 0 spiro atoms. The summed E-state index contributed by atoms with van der Waals surface area (Å²) in [6.45, 7) is 0. The molecule has 0 bridgehead atoms. The first-order valence-corrected chi connectivity index (χ1v) is 6.02. The van der Waals surface area contributed by atoms with Gasteiger partial charge in [0, 0.05) is 27.4 Å². The number of rotatable bonds is 1. The summed E-state index contributed by atoms with van der Waals surface area (Å²) in [4.78, 5) is 11.9. The number of alkyl halides is 2. The van der Waals surface area contributed by atoms with Gasteiger partial charge in [-0.2, -0.15) is 0 Å². The van der Waals surface area contributed by atoms with Gasteiger partial charge in [-0.1, -0.05) is 11.6 Å². The molecule has 20 heavy (non-hydrogen) atoms. The number of aromatic hydroxyl groups is 1. The zero-order valence-corrected chi connectivity index (χ0v) is 10.6. The van der Waals surface area contributed by atoms with Crippen LogP contribution in [0, 0.1) is 0 Å². The van der Waals surface area contributed by atoms with Crippen LogP contribution in [0.3, 0.4) is 0 Å². The molecule has 1 aromatic heterocycles. The van der Waals surface area contributed by atoms with E-state index in [4.69, 9.17) is 16.0 Å². The molecule has 0 radical (unpaired) electrons. The van der Waals surface area contributed by atoms with Gasteiger partial charge < -0.3 is 9.52 Å². The highest BCUT2D eigenvalue weighted by Gasteiger charge is 2.16. The summed E-state index contributed by atoms with van der Waals surface area (Å²) in [6, 6.07) is 6.39. The lowest BCUT2D eigenvalue weighted by Gasteiger charge is -2.07. The van der Waals surface area contributed by atoms with Crippen molar-refractivity contribution in [2.75, 3.05) is 0 Å². The molecule has 1 heterocycles. The SMILES string of the molecule is O=c1oc2cc(O)ccc2c2c(Cl)cc(C(F)F)cc12. The zero-order valence-electron chi connectivity index (χ0n) is 9.86. The Bertz CT molecular complexity index is 887. The normalized spacial score (nSPS) is 11.6. The van der Waals surface area contributed by atoms with Crippen LogP contribution in [0.4, 0.5) is 8.78 Å². The quantitative estimate of drug-likeness (QED) is 0.539. The van der Waals surface area contributed by atoms with Crippen molar-refractivity contribution in [3.05, 3.63) is 51.3 Å². The lowest BCUT2D eigenvalue weighted by atomic mass is 10.0. The second-order valence-electron chi connectivity index (χ2n) is 4.30. The van der Waals surface area contributed by atoms with Gasteiger partial charge in [0.15, 0.2) is 0 Å². The molecule has 2 aromatic carbocycles. The van der Waals surface area contributed by atoms with E-state index in [1.54, 1.807) is 0 Å². The third-order valence-corrected chi connectivity index (χ3v) is 3.32. The number of hydrogen-bond donors (Lipinski definition) is 1. The van der Waals surface area contributed by atoms with Gasteiger partial charge in [-0.25, -0.2) is 13.6 Å². The fourth-order valence-electron chi connectivity index (χ4n) is 2.15. The van der Waals surface area contributed by atoms with Crippen molar-refractivity contribution in [3.8, 4) is 5.75 Å². The molecule has 0 unspecified atom stereocenters. The molecule has 3 aromatic rings. The van der Waals surface area contributed by atoms with Crippen molar-refractivity contribution < 1.29 is 18.3 Å². The van der Waals surface area contributed by atoms with Crippen LogP contribution >= 0.6 is 11.6 Å². The third-order valence-electron chi connectivity index (χ3n) is 3.02. The van der Waals surface area contributed by atoms with Gasteiger partial charge >= 0.3 is 5.63 Å².